The zero-order valence-electron chi connectivity index (χ0n) is 11.6. The molecule has 1 unspecified atom stereocenters. The first-order valence-corrected chi connectivity index (χ1v) is 8.53. The molecule has 0 amide bonds. The highest BCUT2D eigenvalue weighted by Crippen LogP contribution is 2.24. The molecule has 0 radical (unpaired) electrons. The van der Waals surface area contributed by atoms with Gasteiger partial charge in [-0.05, 0) is 25.5 Å². The molecule has 0 aromatic carbocycles. The second kappa shape index (κ2) is 5.67. The number of nitrogens with zero attached hydrogens (tertiary/aromatic N) is 3. The van der Waals surface area contributed by atoms with Gasteiger partial charge < -0.3 is 4.57 Å². The van der Waals surface area contributed by atoms with Gasteiger partial charge in [-0.2, -0.15) is 0 Å². The Kier molecular flexibility index (Phi) is 4.31. The molecule has 1 atom stereocenters. The summed E-state index contributed by atoms with van der Waals surface area (Å²) in [4.78, 5) is 8.84. The zero-order chi connectivity index (χ0) is 14.9. The number of nitrogens with one attached hydrogen (secondary N) is 1. The van der Waals surface area contributed by atoms with Gasteiger partial charge in [-0.15, -0.1) is 11.6 Å². The van der Waals surface area contributed by atoms with Crippen LogP contribution in [0.25, 0.3) is 11.2 Å². The first-order chi connectivity index (χ1) is 9.29. The van der Waals surface area contributed by atoms with Gasteiger partial charge in [0.2, 0.25) is 10.0 Å². The quantitative estimate of drug-likeness (QED) is 0.850. The second-order valence-electron chi connectivity index (χ2n) is 4.70. The highest BCUT2D eigenvalue weighted by molar-refractivity contribution is 7.88. The van der Waals surface area contributed by atoms with E-state index in [9.17, 15) is 8.42 Å². The van der Waals surface area contributed by atoms with Crippen LogP contribution in [0.15, 0.2) is 12.3 Å². The predicted molar refractivity (Wildman–Crippen MR) is 79.4 cm³/mol. The largest absolute Gasteiger partial charge is 0.310 e. The molecule has 20 heavy (non-hydrogen) atoms. The van der Waals surface area contributed by atoms with Crippen molar-refractivity contribution in [1.29, 1.82) is 0 Å². The first kappa shape index (κ1) is 15.2. The van der Waals surface area contributed by atoms with Crippen LogP contribution < -0.4 is 4.72 Å². The Morgan fingerprint density at radius 1 is 1.50 bits per heavy atom. The van der Waals surface area contributed by atoms with Crippen LogP contribution >= 0.6 is 11.6 Å². The van der Waals surface area contributed by atoms with Crippen LogP contribution in [0.1, 0.15) is 23.7 Å². The standard InChI is InChI=1S/C12H17ClN4O2S/c1-8-4-5-14-12-10(8)16-11(9(2)13)17(12)7-6-15-20(3,18)19/h4-5,9,15H,6-7H2,1-3H3. The van der Waals surface area contributed by atoms with Crippen LogP contribution in [0.3, 0.4) is 0 Å². The number of hydrogen-bond donors (Lipinski definition) is 1. The number of aromatic nitrogens is 3. The van der Waals surface area contributed by atoms with Crippen molar-refractivity contribution in [2.24, 2.45) is 0 Å². The monoisotopic (exact) mass is 316 g/mol. The predicted octanol–water partition coefficient (Wildman–Crippen LogP) is 1.59. The van der Waals surface area contributed by atoms with Crippen LogP contribution in [0.2, 0.25) is 0 Å². The van der Waals surface area contributed by atoms with E-state index in [0.29, 0.717) is 12.4 Å². The van der Waals surface area contributed by atoms with E-state index in [0.717, 1.165) is 23.0 Å². The van der Waals surface area contributed by atoms with E-state index >= 15 is 0 Å². The Bertz CT molecular complexity index is 724. The maximum atomic E-state index is 11.1. The van der Waals surface area contributed by atoms with E-state index in [1.54, 1.807) is 6.20 Å². The van der Waals surface area contributed by atoms with Gasteiger partial charge in [0, 0.05) is 19.3 Å². The van der Waals surface area contributed by atoms with Crippen molar-refractivity contribution in [2.75, 3.05) is 12.8 Å². The molecule has 110 valence electrons. The van der Waals surface area contributed by atoms with E-state index in [1.165, 1.54) is 0 Å². The Morgan fingerprint density at radius 3 is 2.80 bits per heavy atom. The fourth-order valence-corrected chi connectivity index (χ4v) is 2.65. The number of rotatable bonds is 5. The Balaban J connectivity index is 2.39. The van der Waals surface area contributed by atoms with Gasteiger partial charge in [-0.25, -0.2) is 23.1 Å². The molecule has 6 nitrogen and oxygen atoms in total. The van der Waals surface area contributed by atoms with E-state index in [-0.39, 0.29) is 11.9 Å². The first-order valence-electron chi connectivity index (χ1n) is 6.20. The fourth-order valence-electron chi connectivity index (χ4n) is 2.02. The average molecular weight is 317 g/mol. The van der Waals surface area contributed by atoms with Gasteiger partial charge in [0.15, 0.2) is 5.65 Å². The number of pyridine rings is 1. The lowest BCUT2D eigenvalue weighted by molar-refractivity contribution is 0.576. The van der Waals surface area contributed by atoms with Crippen molar-refractivity contribution in [2.45, 2.75) is 25.8 Å². The Morgan fingerprint density at radius 2 is 2.20 bits per heavy atom. The number of alkyl halides is 1. The number of hydrogen-bond acceptors (Lipinski definition) is 4. The topological polar surface area (TPSA) is 76.9 Å². The Hall–Kier alpha value is -1.18. The lowest BCUT2D eigenvalue weighted by Crippen LogP contribution is -2.26. The van der Waals surface area contributed by atoms with Crippen LogP contribution in [0.4, 0.5) is 0 Å². The number of fused-ring (bicyclic) bond motifs is 1. The fraction of sp³-hybridized carbons (Fsp3) is 0.500. The highest BCUT2D eigenvalue weighted by atomic mass is 35.5. The minimum Gasteiger partial charge on any atom is -0.310 e. The molecule has 2 aromatic heterocycles. The second-order valence-corrected chi connectivity index (χ2v) is 7.19. The molecule has 2 aromatic rings. The Labute approximate surface area is 123 Å². The molecule has 0 aliphatic carbocycles. The lowest BCUT2D eigenvalue weighted by atomic mass is 10.3. The summed E-state index contributed by atoms with van der Waals surface area (Å²) in [5.74, 6) is 0.693. The summed E-state index contributed by atoms with van der Waals surface area (Å²) in [6.07, 6.45) is 2.84. The van der Waals surface area contributed by atoms with Crippen LogP contribution in [-0.2, 0) is 16.6 Å². The molecule has 0 aliphatic heterocycles. The minimum atomic E-state index is -3.21. The molecule has 2 rings (SSSR count). The van der Waals surface area contributed by atoms with Gasteiger partial charge in [-0.1, -0.05) is 0 Å². The van der Waals surface area contributed by atoms with Gasteiger partial charge in [0.05, 0.1) is 11.6 Å². The molecule has 0 spiro atoms. The third-order valence-electron chi connectivity index (χ3n) is 2.92. The summed E-state index contributed by atoms with van der Waals surface area (Å²) < 4.78 is 26.6. The summed E-state index contributed by atoms with van der Waals surface area (Å²) in [6, 6.07) is 1.89. The van der Waals surface area contributed by atoms with Crippen LogP contribution in [-0.4, -0.2) is 35.8 Å². The van der Waals surface area contributed by atoms with E-state index in [1.807, 2.05) is 24.5 Å². The maximum Gasteiger partial charge on any atom is 0.208 e. The highest BCUT2D eigenvalue weighted by Gasteiger charge is 2.17. The number of sulfonamides is 1. The molecule has 8 heteroatoms. The van der Waals surface area contributed by atoms with Gasteiger partial charge >= 0.3 is 0 Å². The lowest BCUT2D eigenvalue weighted by Gasteiger charge is -2.10. The molecule has 1 N–H and O–H groups in total. The molecule has 0 saturated carbocycles. The van der Waals surface area contributed by atoms with Gasteiger partial charge in [0.1, 0.15) is 11.3 Å². The summed E-state index contributed by atoms with van der Waals surface area (Å²) in [6.45, 7) is 4.50. The minimum absolute atomic E-state index is 0.274. The molecular weight excluding hydrogens is 300 g/mol. The van der Waals surface area contributed by atoms with E-state index in [4.69, 9.17) is 11.6 Å². The summed E-state index contributed by atoms with van der Waals surface area (Å²) in [7, 11) is -3.21. The number of imidazole rings is 1. The number of aryl methyl sites for hydroxylation is 1. The molecular formula is C12H17ClN4O2S. The van der Waals surface area contributed by atoms with Crippen molar-refractivity contribution in [3.05, 3.63) is 23.7 Å². The van der Waals surface area contributed by atoms with Crippen LogP contribution in [0.5, 0.6) is 0 Å². The third kappa shape index (κ3) is 3.28. The van der Waals surface area contributed by atoms with Crippen molar-refractivity contribution in [1.82, 2.24) is 19.3 Å². The summed E-state index contributed by atoms with van der Waals surface area (Å²) >= 11 is 6.15. The molecule has 0 saturated heterocycles. The van der Waals surface area contributed by atoms with Crippen molar-refractivity contribution >= 4 is 32.8 Å². The van der Waals surface area contributed by atoms with Crippen LogP contribution in [0, 0.1) is 6.92 Å². The zero-order valence-corrected chi connectivity index (χ0v) is 13.2. The van der Waals surface area contributed by atoms with Crippen molar-refractivity contribution in [3.8, 4) is 0 Å². The van der Waals surface area contributed by atoms with Gasteiger partial charge in [0.25, 0.3) is 0 Å². The number of halogens is 1. The third-order valence-corrected chi connectivity index (χ3v) is 3.84. The SMILES string of the molecule is Cc1ccnc2c1nc(C(C)Cl)n2CCNS(C)(=O)=O. The molecule has 0 aliphatic rings. The maximum absolute atomic E-state index is 11.1. The van der Waals surface area contributed by atoms with Gasteiger partial charge in [-0.3, -0.25) is 0 Å². The van der Waals surface area contributed by atoms with E-state index in [2.05, 4.69) is 14.7 Å². The molecule has 2 heterocycles. The van der Waals surface area contributed by atoms with Crippen molar-refractivity contribution in [3.63, 3.8) is 0 Å². The normalized spacial score (nSPS) is 13.8. The molecule has 0 bridgehead atoms. The summed E-state index contributed by atoms with van der Waals surface area (Å²) in [5, 5.41) is -0.276. The van der Waals surface area contributed by atoms with E-state index < -0.39 is 10.0 Å². The smallest absolute Gasteiger partial charge is 0.208 e. The van der Waals surface area contributed by atoms with Crippen molar-refractivity contribution < 1.29 is 8.42 Å². The summed E-state index contributed by atoms with van der Waals surface area (Å²) in [5.41, 5.74) is 2.54. The average Bonchev–Trinajstić information content (AvgIpc) is 2.68. The molecule has 0 fully saturated rings.